The average Bonchev–Trinajstić information content (AvgIpc) is 3.59. The lowest BCUT2D eigenvalue weighted by molar-refractivity contribution is -0.144. The zero-order chi connectivity index (χ0) is 46.6. The molecule has 22 heteroatoms. The first kappa shape index (κ1) is 48.7. The molecule has 8 N–H and O–H groups in total. The summed E-state index contributed by atoms with van der Waals surface area (Å²) >= 11 is 0. The van der Waals surface area contributed by atoms with Crippen molar-refractivity contribution in [1.29, 1.82) is 0 Å². The van der Waals surface area contributed by atoms with E-state index < -0.39 is 95.0 Å². The third-order valence-corrected chi connectivity index (χ3v) is 10.4. The van der Waals surface area contributed by atoms with Crippen molar-refractivity contribution in [1.82, 2.24) is 26.2 Å². The van der Waals surface area contributed by atoms with Gasteiger partial charge in [0.1, 0.15) is 28.9 Å². The van der Waals surface area contributed by atoms with E-state index in [0.717, 1.165) is 4.90 Å². The summed E-state index contributed by atoms with van der Waals surface area (Å²) in [5.41, 5.74) is -4.26. The number of aliphatic hydroxyl groups excluding tert-OH is 1. The number of phenolic OH excluding ortho intramolecular Hbond substituents is 2. The average molecular weight is 898 g/mol. The molecule has 3 unspecified atom stereocenters. The Bertz CT molecular complexity index is 2160. The number of rotatable bonds is 24. The molecule has 0 aromatic heterocycles. The van der Waals surface area contributed by atoms with Gasteiger partial charge >= 0.3 is 0 Å². The van der Waals surface area contributed by atoms with Gasteiger partial charge < -0.3 is 65.4 Å². The number of carbonyl (C=O) groups is 8. The van der Waals surface area contributed by atoms with Crippen molar-refractivity contribution in [2.45, 2.75) is 43.9 Å². The molecular weight excluding hydrogens is 846 g/mol. The first-order chi connectivity index (χ1) is 30.6. The van der Waals surface area contributed by atoms with Gasteiger partial charge in [-0.2, -0.15) is 0 Å². The van der Waals surface area contributed by atoms with Gasteiger partial charge in [0.25, 0.3) is 17.7 Å². The Morgan fingerprint density at radius 1 is 0.781 bits per heavy atom. The van der Waals surface area contributed by atoms with Crippen LogP contribution in [0.2, 0.25) is 0 Å². The first-order valence-corrected chi connectivity index (χ1v) is 20.3. The Balaban J connectivity index is 0.923. The molecule has 0 saturated carbocycles. The number of aliphatic hydroxyl groups is 2. The van der Waals surface area contributed by atoms with Gasteiger partial charge in [0.15, 0.2) is 5.78 Å². The number of methoxy groups -OCH3 is 1. The van der Waals surface area contributed by atoms with Crippen LogP contribution in [0.25, 0.3) is 0 Å². The second-order valence-corrected chi connectivity index (χ2v) is 14.8. The summed E-state index contributed by atoms with van der Waals surface area (Å²) in [4.78, 5) is 101. The molecule has 6 amide bonds. The van der Waals surface area contributed by atoms with Crippen molar-refractivity contribution in [2.24, 2.45) is 0 Å². The smallest absolute Gasteiger partial charge is 0.253 e. The summed E-state index contributed by atoms with van der Waals surface area (Å²) < 4.78 is 26.7. The number of imide groups is 1. The van der Waals surface area contributed by atoms with Crippen LogP contribution in [0.4, 0.5) is 0 Å². The second kappa shape index (κ2) is 22.4. The molecule has 0 saturated heterocycles. The number of aromatic hydroxyl groups is 2. The van der Waals surface area contributed by atoms with Gasteiger partial charge in [-0.3, -0.25) is 43.3 Å². The van der Waals surface area contributed by atoms with Crippen LogP contribution in [0.15, 0.2) is 30.4 Å². The highest BCUT2D eigenvalue weighted by molar-refractivity contribution is 6.31. The normalized spacial score (nSPS) is 17.9. The van der Waals surface area contributed by atoms with Crippen LogP contribution >= 0.6 is 0 Å². The molecule has 346 valence electrons. The van der Waals surface area contributed by atoms with E-state index in [-0.39, 0.29) is 98.9 Å². The maximum Gasteiger partial charge on any atom is 0.253 e. The molecule has 0 radical (unpaired) electrons. The number of phenols is 2. The van der Waals surface area contributed by atoms with Gasteiger partial charge in [0.05, 0.1) is 95.8 Å². The fourth-order valence-corrected chi connectivity index (χ4v) is 7.16. The summed E-state index contributed by atoms with van der Waals surface area (Å²) in [6.45, 7) is 2.72. The van der Waals surface area contributed by atoms with E-state index in [4.69, 9.17) is 23.7 Å². The van der Waals surface area contributed by atoms with Crippen molar-refractivity contribution < 1.29 is 82.5 Å². The summed E-state index contributed by atoms with van der Waals surface area (Å²) in [7, 11) is 1.29. The Hall–Kier alpha value is -6.30. The SMILES string of the molecule is COc1cccc2c1C(=O)c1c(O)c3c(c(O)c1C2=O)CC(O)(C(=O)NCCNC(=O)C(C)NC(=O)CNC(=O)CCOCCOCCOCCOCCN1C(=O)C=CC1=O)CC3O. The Morgan fingerprint density at radius 3 is 2.02 bits per heavy atom. The van der Waals surface area contributed by atoms with Gasteiger partial charge in [-0.15, -0.1) is 0 Å². The largest absolute Gasteiger partial charge is 0.507 e. The molecule has 3 aliphatic rings. The topological polar surface area (TPSA) is 315 Å². The lowest BCUT2D eigenvalue weighted by atomic mass is 9.72. The zero-order valence-corrected chi connectivity index (χ0v) is 35.2. The third-order valence-electron chi connectivity index (χ3n) is 10.4. The predicted molar refractivity (Wildman–Crippen MR) is 218 cm³/mol. The quantitative estimate of drug-likeness (QED) is 0.0269. The number of nitrogens with one attached hydrogen (secondary N) is 4. The highest BCUT2D eigenvalue weighted by Gasteiger charge is 2.48. The van der Waals surface area contributed by atoms with Gasteiger partial charge in [0, 0.05) is 61.2 Å². The van der Waals surface area contributed by atoms with E-state index in [1.165, 1.54) is 44.4 Å². The van der Waals surface area contributed by atoms with E-state index in [2.05, 4.69) is 21.3 Å². The van der Waals surface area contributed by atoms with Crippen molar-refractivity contribution in [2.75, 3.05) is 86.1 Å². The summed E-state index contributed by atoms with van der Waals surface area (Å²) in [6.07, 6.45) is -0.660. The van der Waals surface area contributed by atoms with E-state index >= 15 is 0 Å². The molecule has 0 bridgehead atoms. The number of hydrogen-bond donors (Lipinski definition) is 8. The molecule has 0 fully saturated rings. The van der Waals surface area contributed by atoms with Gasteiger partial charge in [-0.1, -0.05) is 12.1 Å². The maximum atomic E-state index is 13.5. The fourth-order valence-electron chi connectivity index (χ4n) is 7.16. The monoisotopic (exact) mass is 897 g/mol. The number of ketones is 2. The number of ether oxygens (including phenoxy) is 5. The van der Waals surface area contributed by atoms with Crippen LogP contribution in [-0.2, 0) is 54.1 Å². The van der Waals surface area contributed by atoms with Crippen LogP contribution in [0, 0.1) is 0 Å². The summed E-state index contributed by atoms with van der Waals surface area (Å²) in [5.74, 6) is -6.59. The Kier molecular flexibility index (Phi) is 17.0. The minimum atomic E-state index is -2.35. The Labute approximate surface area is 366 Å². The van der Waals surface area contributed by atoms with Gasteiger partial charge in [-0.25, -0.2) is 0 Å². The van der Waals surface area contributed by atoms with Gasteiger partial charge in [-0.05, 0) is 13.0 Å². The van der Waals surface area contributed by atoms with Crippen molar-refractivity contribution in [3.63, 3.8) is 0 Å². The van der Waals surface area contributed by atoms with E-state index in [0.29, 0.717) is 19.8 Å². The van der Waals surface area contributed by atoms with Gasteiger partial charge in [0.2, 0.25) is 23.5 Å². The minimum Gasteiger partial charge on any atom is -0.507 e. The summed E-state index contributed by atoms with van der Waals surface area (Å²) in [6, 6.07) is 3.23. The lowest BCUT2D eigenvalue weighted by Gasteiger charge is -2.37. The molecule has 2 aromatic carbocycles. The lowest BCUT2D eigenvalue weighted by Crippen LogP contribution is -2.53. The summed E-state index contributed by atoms with van der Waals surface area (Å²) in [5, 5.41) is 54.6. The number of hydrogen-bond acceptors (Lipinski definition) is 17. The fraction of sp³-hybridized carbons (Fsp3) is 0.476. The van der Waals surface area contributed by atoms with Crippen LogP contribution in [0.3, 0.4) is 0 Å². The second-order valence-electron chi connectivity index (χ2n) is 14.8. The molecule has 1 heterocycles. The highest BCUT2D eigenvalue weighted by Crippen LogP contribution is 2.50. The third kappa shape index (κ3) is 11.6. The molecule has 2 aromatic rings. The molecule has 64 heavy (non-hydrogen) atoms. The van der Waals surface area contributed by atoms with Crippen molar-refractivity contribution in [3.05, 3.63) is 63.7 Å². The van der Waals surface area contributed by atoms with Crippen LogP contribution < -0.4 is 26.0 Å². The van der Waals surface area contributed by atoms with Crippen LogP contribution in [0.5, 0.6) is 17.2 Å². The van der Waals surface area contributed by atoms with E-state index in [1.54, 1.807) is 0 Å². The number of carbonyl (C=O) groups excluding carboxylic acids is 8. The molecule has 2 aliphatic carbocycles. The maximum absolute atomic E-state index is 13.5. The minimum absolute atomic E-state index is 0.0351. The number of fused-ring (bicyclic) bond motifs is 3. The molecule has 3 atom stereocenters. The molecule has 1 aliphatic heterocycles. The Morgan fingerprint density at radius 2 is 1.38 bits per heavy atom. The molecular formula is C42H51N5O17. The zero-order valence-electron chi connectivity index (χ0n) is 35.2. The standard InChI is InChI=1S/C42H51N5O17/c1-23(46-29(50)22-45-28(49)8-12-61-14-16-63-18-19-64-17-15-62-13-11-47-30(51)6-7-31(47)52)40(57)43-9-10-44-41(58)42(59)20-25-32(26(48)21-42)38(55)35-34(37(25)54)36(53)24-4-3-5-27(60-2)33(24)39(35)56/h3-7,23,26,48,54-55,59H,8-22H2,1-2H3,(H,43,57)(H,44,58)(H,45,49)(H,46,50). The molecule has 5 rings (SSSR count). The number of amides is 6. The number of nitrogens with zero attached hydrogens (tertiary/aromatic N) is 1. The highest BCUT2D eigenvalue weighted by atomic mass is 16.6. The van der Waals surface area contributed by atoms with E-state index in [1.807, 2.05) is 0 Å². The molecule has 22 nitrogen and oxygen atoms in total. The van der Waals surface area contributed by atoms with Crippen molar-refractivity contribution >= 4 is 47.0 Å². The predicted octanol–water partition coefficient (Wildman–Crippen LogP) is -2.17. The van der Waals surface area contributed by atoms with Crippen LogP contribution in [0.1, 0.15) is 68.8 Å². The molecule has 0 spiro atoms. The van der Waals surface area contributed by atoms with E-state index in [9.17, 15) is 58.8 Å². The first-order valence-electron chi connectivity index (χ1n) is 20.3. The van der Waals surface area contributed by atoms with Crippen LogP contribution in [-0.4, -0.2) is 170 Å². The number of benzene rings is 2. The van der Waals surface area contributed by atoms with Crippen molar-refractivity contribution in [3.8, 4) is 17.2 Å².